The van der Waals surface area contributed by atoms with Crippen LogP contribution in [0.5, 0.6) is 0 Å². The van der Waals surface area contributed by atoms with Crippen molar-refractivity contribution in [2.24, 2.45) is 0 Å². The summed E-state index contributed by atoms with van der Waals surface area (Å²) in [7, 11) is 0. The summed E-state index contributed by atoms with van der Waals surface area (Å²) in [5.74, 6) is 2.05. The fraction of sp³-hybridized carbons (Fsp3) is 0.400. The van der Waals surface area contributed by atoms with Crippen LogP contribution in [0.4, 0.5) is 0 Å². The summed E-state index contributed by atoms with van der Waals surface area (Å²) in [6.45, 7) is 5.48. The number of aromatic nitrogens is 7. The highest BCUT2D eigenvalue weighted by Gasteiger charge is 2.13. The van der Waals surface area contributed by atoms with Crippen molar-refractivity contribution in [2.75, 3.05) is 0 Å². The van der Waals surface area contributed by atoms with Gasteiger partial charge in [-0.2, -0.15) is 5.10 Å². The van der Waals surface area contributed by atoms with Gasteiger partial charge in [-0.15, -0.1) is 5.10 Å². The monoisotopic (exact) mass is 331 g/mol. The lowest BCUT2D eigenvalue weighted by Gasteiger charge is -2.06. The van der Waals surface area contributed by atoms with E-state index in [0.29, 0.717) is 19.5 Å². The molecule has 0 amide bonds. The Hall–Kier alpha value is -2.28. The molecule has 3 aromatic rings. The van der Waals surface area contributed by atoms with Crippen molar-refractivity contribution >= 4 is 11.6 Å². The first-order chi connectivity index (χ1) is 11.1. The number of nitrogens with zero attached hydrogens (tertiary/aromatic N) is 7. The minimum Gasteiger partial charge on any atom is -0.245 e. The summed E-state index contributed by atoms with van der Waals surface area (Å²) in [6.07, 6.45) is 2.31. The van der Waals surface area contributed by atoms with Crippen LogP contribution >= 0.6 is 11.6 Å². The molecule has 0 aliphatic heterocycles. The van der Waals surface area contributed by atoms with Gasteiger partial charge in [-0.3, -0.25) is 0 Å². The highest BCUT2D eigenvalue weighted by molar-refractivity contribution is 6.30. The Kier molecular flexibility index (Phi) is 4.66. The average molecular weight is 332 g/mol. The molecule has 0 aliphatic carbocycles. The normalized spacial score (nSPS) is 11.3. The van der Waals surface area contributed by atoms with Gasteiger partial charge in [0.2, 0.25) is 0 Å². The van der Waals surface area contributed by atoms with Crippen LogP contribution < -0.4 is 0 Å². The summed E-state index contributed by atoms with van der Waals surface area (Å²) < 4.78 is 3.62. The van der Waals surface area contributed by atoms with E-state index in [2.05, 4.69) is 39.5 Å². The molecule has 7 nitrogen and oxygen atoms in total. The van der Waals surface area contributed by atoms with Gasteiger partial charge in [0.15, 0.2) is 5.82 Å². The third kappa shape index (κ3) is 3.92. The molecule has 0 bridgehead atoms. The lowest BCUT2D eigenvalue weighted by molar-refractivity contribution is 0.548. The van der Waals surface area contributed by atoms with Gasteiger partial charge in [0.25, 0.3) is 0 Å². The van der Waals surface area contributed by atoms with Crippen LogP contribution in [0.15, 0.2) is 30.6 Å². The van der Waals surface area contributed by atoms with Gasteiger partial charge in [-0.05, 0) is 28.1 Å². The quantitative estimate of drug-likeness (QED) is 0.693. The van der Waals surface area contributed by atoms with E-state index in [1.165, 1.54) is 0 Å². The Morgan fingerprint density at radius 2 is 2.13 bits per heavy atom. The van der Waals surface area contributed by atoms with Crippen molar-refractivity contribution in [3.05, 3.63) is 52.8 Å². The molecule has 0 radical (unpaired) electrons. The predicted octanol–water partition coefficient (Wildman–Crippen LogP) is 2.33. The van der Waals surface area contributed by atoms with Gasteiger partial charge in [-0.25, -0.2) is 14.3 Å². The molecule has 8 heteroatoms. The summed E-state index contributed by atoms with van der Waals surface area (Å²) in [4.78, 5) is 4.66. The molecule has 3 rings (SSSR count). The molecule has 0 aliphatic rings. The van der Waals surface area contributed by atoms with E-state index in [1.807, 2.05) is 28.9 Å². The maximum atomic E-state index is 6.06. The summed E-state index contributed by atoms with van der Waals surface area (Å²) >= 11 is 6.06. The lowest BCUT2D eigenvalue weighted by atomic mass is 10.2. The first-order valence-electron chi connectivity index (χ1n) is 7.50. The Morgan fingerprint density at radius 1 is 1.26 bits per heavy atom. The Labute approximate surface area is 139 Å². The summed E-state index contributed by atoms with van der Waals surface area (Å²) in [6, 6.07) is 7.79. The Bertz CT molecular complexity index is 764. The third-order valence-electron chi connectivity index (χ3n) is 3.46. The van der Waals surface area contributed by atoms with Crippen LogP contribution in [-0.2, 0) is 19.5 Å². The molecule has 0 fully saturated rings. The second kappa shape index (κ2) is 6.87. The zero-order valence-electron chi connectivity index (χ0n) is 13.1. The number of hydrogen-bond donors (Lipinski definition) is 0. The predicted molar refractivity (Wildman–Crippen MR) is 86.2 cm³/mol. The van der Waals surface area contributed by atoms with E-state index in [1.54, 1.807) is 11.0 Å². The van der Waals surface area contributed by atoms with E-state index in [-0.39, 0.29) is 5.92 Å². The molecule has 120 valence electrons. The first kappa shape index (κ1) is 15.6. The first-order valence-corrected chi connectivity index (χ1v) is 7.88. The van der Waals surface area contributed by atoms with Crippen LogP contribution in [0, 0.1) is 0 Å². The van der Waals surface area contributed by atoms with E-state index < -0.39 is 0 Å². The molecule has 0 spiro atoms. The van der Waals surface area contributed by atoms with Crippen molar-refractivity contribution in [1.82, 2.24) is 35.0 Å². The number of hydrogen-bond acceptors (Lipinski definition) is 5. The molecule has 0 N–H and O–H groups in total. The molecule has 0 unspecified atom stereocenters. The topological polar surface area (TPSA) is 74.3 Å². The van der Waals surface area contributed by atoms with Gasteiger partial charge < -0.3 is 0 Å². The Balaban J connectivity index is 1.82. The van der Waals surface area contributed by atoms with Crippen molar-refractivity contribution in [2.45, 2.75) is 39.3 Å². The van der Waals surface area contributed by atoms with Crippen LogP contribution in [0.3, 0.4) is 0 Å². The van der Waals surface area contributed by atoms with Crippen LogP contribution in [0.2, 0.25) is 5.02 Å². The highest BCUT2D eigenvalue weighted by Crippen LogP contribution is 2.15. The molecule has 23 heavy (non-hydrogen) atoms. The van der Waals surface area contributed by atoms with E-state index in [4.69, 9.17) is 11.6 Å². The van der Waals surface area contributed by atoms with Crippen molar-refractivity contribution < 1.29 is 0 Å². The van der Waals surface area contributed by atoms with Crippen LogP contribution in [-0.4, -0.2) is 35.0 Å². The van der Waals surface area contributed by atoms with Crippen molar-refractivity contribution in [3.63, 3.8) is 0 Å². The number of rotatable bonds is 6. The zero-order valence-corrected chi connectivity index (χ0v) is 13.8. The fourth-order valence-electron chi connectivity index (χ4n) is 2.26. The molecule has 1 aromatic carbocycles. The molecule has 0 saturated heterocycles. The fourth-order valence-corrected chi connectivity index (χ4v) is 2.47. The average Bonchev–Trinajstić information content (AvgIpc) is 3.15. The summed E-state index contributed by atoms with van der Waals surface area (Å²) in [5.41, 5.74) is 1.10. The third-order valence-corrected chi connectivity index (χ3v) is 3.69. The molecular weight excluding hydrogens is 314 g/mol. The second-order valence-corrected chi connectivity index (χ2v) is 6.09. The standard InChI is InChI=1S/C15H18ClN7/c1-11(2)15-18-14(6-7-22-10-17-20-21-22)23(19-15)9-12-4-3-5-13(16)8-12/h3-5,8,10-11H,6-7,9H2,1-2H3. The minimum atomic E-state index is 0.280. The molecule has 2 aromatic heterocycles. The molecular formula is C15H18ClN7. The minimum absolute atomic E-state index is 0.280. The maximum Gasteiger partial charge on any atom is 0.153 e. The molecule has 0 saturated carbocycles. The van der Waals surface area contributed by atoms with Crippen molar-refractivity contribution in [1.29, 1.82) is 0 Å². The van der Waals surface area contributed by atoms with E-state index in [9.17, 15) is 0 Å². The number of aryl methyl sites for hydroxylation is 2. The smallest absolute Gasteiger partial charge is 0.153 e. The number of benzene rings is 1. The maximum absolute atomic E-state index is 6.06. The Morgan fingerprint density at radius 3 is 2.83 bits per heavy atom. The van der Waals surface area contributed by atoms with Gasteiger partial charge >= 0.3 is 0 Å². The van der Waals surface area contributed by atoms with Gasteiger partial charge in [0.1, 0.15) is 12.2 Å². The van der Waals surface area contributed by atoms with Crippen molar-refractivity contribution in [3.8, 4) is 0 Å². The van der Waals surface area contributed by atoms with Crippen LogP contribution in [0.25, 0.3) is 0 Å². The number of halogens is 1. The van der Waals surface area contributed by atoms with Gasteiger partial charge in [0, 0.05) is 17.4 Å². The van der Waals surface area contributed by atoms with Crippen LogP contribution in [0.1, 0.15) is 37.0 Å². The van der Waals surface area contributed by atoms with E-state index >= 15 is 0 Å². The lowest BCUT2D eigenvalue weighted by Crippen LogP contribution is -2.11. The van der Waals surface area contributed by atoms with Gasteiger partial charge in [-0.1, -0.05) is 37.6 Å². The van der Waals surface area contributed by atoms with Gasteiger partial charge in [0.05, 0.1) is 13.1 Å². The largest absolute Gasteiger partial charge is 0.245 e. The zero-order chi connectivity index (χ0) is 16.2. The van der Waals surface area contributed by atoms with E-state index in [0.717, 1.165) is 22.2 Å². The second-order valence-electron chi connectivity index (χ2n) is 5.65. The molecule has 0 atom stereocenters. The SMILES string of the molecule is CC(C)c1nc(CCn2cnnn2)n(Cc2cccc(Cl)c2)n1. The summed E-state index contributed by atoms with van der Waals surface area (Å²) in [5, 5.41) is 16.5. The molecule has 2 heterocycles. The number of tetrazole rings is 1. The highest BCUT2D eigenvalue weighted by atomic mass is 35.5.